The molecule has 2 aromatic heterocycles. The van der Waals surface area contributed by atoms with Gasteiger partial charge in [-0.1, -0.05) is 0 Å². The molecule has 7 heteroatoms. The fraction of sp³-hybridized carbons (Fsp3) is 0.357. The van der Waals surface area contributed by atoms with Crippen LogP contribution in [-0.2, 0) is 9.53 Å². The average molecular weight is 288 g/mol. The number of rotatable bonds is 3. The zero-order valence-corrected chi connectivity index (χ0v) is 12.1. The first-order valence-corrected chi connectivity index (χ1v) is 6.72. The van der Waals surface area contributed by atoms with E-state index in [1.807, 2.05) is 26.0 Å². The van der Waals surface area contributed by atoms with Crippen molar-refractivity contribution in [1.82, 2.24) is 14.8 Å². The molecule has 0 radical (unpaired) electrons. The Labute approximate surface area is 121 Å². The minimum atomic E-state index is -0.475. The number of nitrogens with zero attached hydrogens (tertiary/aromatic N) is 3. The zero-order valence-electron chi connectivity index (χ0n) is 12.1. The van der Waals surface area contributed by atoms with E-state index in [0.717, 1.165) is 5.76 Å². The molecule has 1 aliphatic rings. The molecule has 0 fully saturated rings. The maximum Gasteiger partial charge on any atom is 0.338 e. The van der Waals surface area contributed by atoms with Crippen molar-refractivity contribution in [2.24, 2.45) is 0 Å². The molecule has 0 aliphatic carbocycles. The minimum absolute atomic E-state index is 0.309. The van der Waals surface area contributed by atoms with Crippen molar-refractivity contribution in [3.63, 3.8) is 0 Å². The second-order valence-corrected chi connectivity index (χ2v) is 4.76. The lowest BCUT2D eigenvalue weighted by molar-refractivity contribution is -0.139. The Morgan fingerprint density at radius 2 is 2.29 bits per heavy atom. The van der Waals surface area contributed by atoms with Gasteiger partial charge < -0.3 is 14.5 Å². The number of nitrogens with one attached hydrogen (secondary N) is 1. The van der Waals surface area contributed by atoms with Crippen LogP contribution in [0.2, 0.25) is 0 Å². The summed E-state index contributed by atoms with van der Waals surface area (Å²) in [4.78, 5) is 16.4. The smallest absolute Gasteiger partial charge is 0.338 e. The van der Waals surface area contributed by atoms with Crippen LogP contribution in [0.25, 0.3) is 0 Å². The van der Waals surface area contributed by atoms with E-state index in [1.165, 1.54) is 6.33 Å². The first-order valence-electron chi connectivity index (χ1n) is 6.72. The van der Waals surface area contributed by atoms with Crippen LogP contribution >= 0.6 is 0 Å². The maximum absolute atomic E-state index is 12.3. The number of hydrogen-bond acceptors (Lipinski definition) is 6. The summed E-state index contributed by atoms with van der Waals surface area (Å²) in [6.45, 7) is 5.75. The number of aromatic nitrogens is 3. The van der Waals surface area contributed by atoms with Crippen LogP contribution < -0.4 is 5.32 Å². The Hall–Kier alpha value is -2.57. The van der Waals surface area contributed by atoms with Crippen LogP contribution in [0.5, 0.6) is 0 Å². The van der Waals surface area contributed by atoms with Gasteiger partial charge in [-0.05, 0) is 32.9 Å². The van der Waals surface area contributed by atoms with Gasteiger partial charge in [-0.2, -0.15) is 10.1 Å². The van der Waals surface area contributed by atoms with E-state index < -0.39 is 6.04 Å². The van der Waals surface area contributed by atoms with Crippen LogP contribution in [0.15, 0.2) is 34.1 Å². The van der Waals surface area contributed by atoms with Gasteiger partial charge in [0.15, 0.2) is 0 Å². The van der Waals surface area contributed by atoms with Crippen LogP contribution in [0, 0.1) is 6.92 Å². The molecule has 110 valence electrons. The molecule has 0 aromatic carbocycles. The third-order valence-corrected chi connectivity index (χ3v) is 3.32. The second-order valence-electron chi connectivity index (χ2n) is 4.76. The van der Waals surface area contributed by atoms with Gasteiger partial charge in [-0.25, -0.2) is 9.48 Å². The molecule has 0 bridgehead atoms. The fourth-order valence-corrected chi connectivity index (χ4v) is 2.43. The highest BCUT2D eigenvalue weighted by Gasteiger charge is 2.36. The monoisotopic (exact) mass is 288 g/mol. The van der Waals surface area contributed by atoms with E-state index in [-0.39, 0.29) is 5.97 Å². The lowest BCUT2D eigenvalue weighted by atomic mass is 10.0. The van der Waals surface area contributed by atoms with Gasteiger partial charge in [-0.15, -0.1) is 0 Å². The Bertz CT molecular complexity index is 713. The van der Waals surface area contributed by atoms with E-state index in [2.05, 4.69) is 15.4 Å². The topological polar surface area (TPSA) is 82.2 Å². The van der Waals surface area contributed by atoms with Gasteiger partial charge in [0.1, 0.15) is 23.9 Å². The van der Waals surface area contributed by atoms with Gasteiger partial charge >= 0.3 is 5.97 Å². The summed E-state index contributed by atoms with van der Waals surface area (Å²) in [6, 6.07) is 3.21. The van der Waals surface area contributed by atoms with Crippen molar-refractivity contribution in [1.29, 1.82) is 0 Å². The molecular formula is C14H16N4O3. The summed E-state index contributed by atoms with van der Waals surface area (Å²) in [5.41, 5.74) is 1.16. The SMILES string of the molecule is CCOC(=O)C1=C(C)Nc2ncnn2[C@H]1c1ccc(C)o1. The van der Waals surface area contributed by atoms with Crippen molar-refractivity contribution < 1.29 is 13.9 Å². The highest BCUT2D eigenvalue weighted by Crippen LogP contribution is 2.35. The highest BCUT2D eigenvalue weighted by atomic mass is 16.5. The van der Waals surface area contributed by atoms with E-state index in [9.17, 15) is 4.79 Å². The first kappa shape index (κ1) is 13.4. The second kappa shape index (κ2) is 5.08. The van der Waals surface area contributed by atoms with Crippen molar-refractivity contribution in [3.8, 4) is 0 Å². The molecule has 0 saturated carbocycles. The van der Waals surface area contributed by atoms with Crippen LogP contribution in [0.1, 0.15) is 31.4 Å². The van der Waals surface area contributed by atoms with Gasteiger partial charge in [-0.3, -0.25) is 0 Å². The van der Waals surface area contributed by atoms with E-state index in [0.29, 0.717) is 29.6 Å². The van der Waals surface area contributed by atoms with Crippen LogP contribution in [-0.4, -0.2) is 27.3 Å². The number of carbonyl (C=O) groups excluding carboxylic acids is 1. The summed E-state index contributed by atoms with van der Waals surface area (Å²) in [5.74, 6) is 1.58. The normalized spacial score (nSPS) is 17.4. The largest absolute Gasteiger partial charge is 0.464 e. The molecule has 0 spiro atoms. The molecule has 1 aliphatic heterocycles. The lowest BCUT2D eigenvalue weighted by Gasteiger charge is -2.26. The predicted molar refractivity (Wildman–Crippen MR) is 74.6 cm³/mol. The Balaban J connectivity index is 2.13. The molecule has 0 unspecified atom stereocenters. The molecular weight excluding hydrogens is 272 g/mol. The maximum atomic E-state index is 12.3. The summed E-state index contributed by atoms with van der Waals surface area (Å²) >= 11 is 0. The van der Waals surface area contributed by atoms with Crippen molar-refractivity contribution in [2.75, 3.05) is 11.9 Å². The summed E-state index contributed by atoms with van der Waals surface area (Å²) < 4.78 is 12.5. The third-order valence-electron chi connectivity index (χ3n) is 3.32. The van der Waals surface area contributed by atoms with E-state index in [1.54, 1.807) is 11.6 Å². The summed E-state index contributed by atoms with van der Waals surface area (Å²) in [6.07, 6.45) is 1.44. The van der Waals surface area contributed by atoms with Crippen LogP contribution in [0.3, 0.4) is 0 Å². The Kier molecular flexibility index (Phi) is 3.25. The molecule has 0 amide bonds. The predicted octanol–water partition coefficient (Wildman–Crippen LogP) is 2.03. The van der Waals surface area contributed by atoms with Crippen molar-refractivity contribution in [2.45, 2.75) is 26.8 Å². The summed E-state index contributed by atoms with van der Waals surface area (Å²) in [7, 11) is 0. The molecule has 3 heterocycles. The van der Waals surface area contributed by atoms with Gasteiger partial charge in [0.2, 0.25) is 5.95 Å². The van der Waals surface area contributed by atoms with Crippen molar-refractivity contribution >= 4 is 11.9 Å². The number of anilines is 1. The number of aryl methyl sites for hydroxylation is 1. The fourth-order valence-electron chi connectivity index (χ4n) is 2.43. The molecule has 0 saturated heterocycles. The van der Waals surface area contributed by atoms with E-state index >= 15 is 0 Å². The number of allylic oxidation sites excluding steroid dienone is 1. The molecule has 2 aromatic rings. The van der Waals surface area contributed by atoms with Crippen LogP contribution in [0.4, 0.5) is 5.95 Å². The minimum Gasteiger partial charge on any atom is -0.464 e. The van der Waals surface area contributed by atoms with E-state index in [4.69, 9.17) is 9.15 Å². The molecule has 3 rings (SSSR count). The average Bonchev–Trinajstić information content (AvgIpc) is 3.05. The van der Waals surface area contributed by atoms with Gasteiger partial charge in [0, 0.05) is 5.70 Å². The number of furan rings is 1. The Morgan fingerprint density at radius 3 is 2.95 bits per heavy atom. The lowest BCUT2D eigenvalue weighted by Crippen LogP contribution is -2.29. The number of esters is 1. The molecule has 1 N–H and O–H groups in total. The number of hydrogen-bond donors (Lipinski definition) is 1. The standard InChI is InChI=1S/C14H16N4O3/c1-4-20-13(19)11-9(3)17-14-15-7-16-18(14)12(11)10-6-5-8(2)21-10/h5-7,12H,4H2,1-3H3,(H,15,16,17)/t12-/m0/s1. The third kappa shape index (κ3) is 2.20. The molecule has 21 heavy (non-hydrogen) atoms. The zero-order chi connectivity index (χ0) is 15.0. The molecule has 1 atom stereocenters. The number of ether oxygens (including phenoxy) is 1. The first-order chi connectivity index (χ1) is 10.1. The number of fused-ring (bicyclic) bond motifs is 1. The summed E-state index contributed by atoms with van der Waals surface area (Å²) in [5, 5.41) is 7.25. The molecule has 7 nitrogen and oxygen atoms in total. The number of carbonyl (C=O) groups is 1. The van der Waals surface area contributed by atoms with Gasteiger partial charge in [0.25, 0.3) is 0 Å². The quantitative estimate of drug-likeness (QED) is 0.870. The Morgan fingerprint density at radius 1 is 1.48 bits per heavy atom. The van der Waals surface area contributed by atoms with Gasteiger partial charge in [0.05, 0.1) is 12.2 Å². The van der Waals surface area contributed by atoms with Crippen molar-refractivity contribution in [3.05, 3.63) is 41.3 Å². The highest BCUT2D eigenvalue weighted by molar-refractivity contribution is 5.92.